The van der Waals surface area contributed by atoms with Gasteiger partial charge in [0.25, 0.3) is 0 Å². The van der Waals surface area contributed by atoms with Crippen LogP contribution in [0.15, 0.2) is 33.7 Å². The summed E-state index contributed by atoms with van der Waals surface area (Å²) in [6, 6.07) is 8.29. The first kappa shape index (κ1) is 19.9. The van der Waals surface area contributed by atoms with Crippen molar-refractivity contribution >= 4 is 21.9 Å². The molecule has 7 heteroatoms. The molecule has 0 amide bonds. The van der Waals surface area contributed by atoms with E-state index in [-0.39, 0.29) is 0 Å². The lowest BCUT2D eigenvalue weighted by atomic mass is 10.2. The molecule has 0 fully saturated rings. The Bertz CT molecular complexity index is 770. The number of nitrogens with one attached hydrogen (secondary N) is 1. The normalized spacial score (nSPS) is 14.6. The summed E-state index contributed by atoms with van der Waals surface area (Å²) < 4.78 is 3.46. The number of hydrogen-bond donors (Lipinski definition) is 1. The molecule has 2 heterocycles. The topological polar surface area (TPSA) is 58.3 Å². The summed E-state index contributed by atoms with van der Waals surface area (Å²) in [4.78, 5) is 6.56. The molecule has 1 aromatic heterocycles. The molecule has 0 aliphatic carbocycles. The van der Waals surface area contributed by atoms with E-state index >= 15 is 0 Å². The van der Waals surface area contributed by atoms with Gasteiger partial charge in [0.15, 0.2) is 5.96 Å². The molecule has 1 aliphatic heterocycles. The Morgan fingerprint density at radius 2 is 2.11 bits per heavy atom. The smallest absolute Gasteiger partial charge is 0.193 e. The summed E-state index contributed by atoms with van der Waals surface area (Å²) in [6.07, 6.45) is 6.80. The van der Waals surface area contributed by atoms with Gasteiger partial charge < -0.3 is 14.8 Å². The van der Waals surface area contributed by atoms with Crippen molar-refractivity contribution in [1.82, 2.24) is 25.0 Å². The lowest BCUT2D eigenvalue weighted by Crippen LogP contribution is -2.39. The average molecular weight is 433 g/mol. The van der Waals surface area contributed by atoms with Crippen molar-refractivity contribution in [3.63, 3.8) is 0 Å². The van der Waals surface area contributed by atoms with Gasteiger partial charge in [0.2, 0.25) is 0 Å². The molecule has 0 spiro atoms. The fraction of sp³-hybridized carbons (Fsp3) is 0.550. The Labute approximate surface area is 170 Å². The largest absolute Gasteiger partial charge is 0.356 e. The third-order valence-corrected chi connectivity index (χ3v) is 5.76. The second kappa shape index (κ2) is 9.88. The van der Waals surface area contributed by atoms with Crippen molar-refractivity contribution in [3.8, 4) is 0 Å². The Hall–Kier alpha value is -1.89. The van der Waals surface area contributed by atoms with Crippen LogP contribution in [0.1, 0.15) is 42.9 Å². The van der Waals surface area contributed by atoms with Gasteiger partial charge in [-0.15, -0.1) is 10.2 Å². The second-order valence-corrected chi connectivity index (χ2v) is 7.87. The standard InChI is InChI=1S/C20H29BrN6/c1-22-20(26(2)15-16-9-5-6-10-17(16)21)23-13-8-12-19-25-24-18-11-4-3-7-14-27(18)19/h5-6,9-10H,3-4,7-8,11-15H2,1-2H3,(H,22,23). The van der Waals surface area contributed by atoms with Crippen LogP contribution >= 0.6 is 15.9 Å². The zero-order valence-corrected chi connectivity index (χ0v) is 17.9. The zero-order chi connectivity index (χ0) is 19.1. The van der Waals surface area contributed by atoms with E-state index in [1.807, 2.05) is 13.1 Å². The van der Waals surface area contributed by atoms with Crippen LogP contribution in [0.2, 0.25) is 0 Å². The summed E-state index contributed by atoms with van der Waals surface area (Å²) in [6.45, 7) is 2.75. The van der Waals surface area contributed by atoms with E-state index in [0.717, 1.165) is 55.2 Å². The molecule has 0 saturated heterocycles. The van der Waals surface area contributed by atoms with E-state index in [4.69, 9.17) is 0 Å². The lowest BCUT2D eigenvalue weighted by Gasteiger charge is -2.22. The minimum Gasteiger partial charge on any atom is -0.356 e. The molecule has 6 nitrogen and oxygen atoms in total. The Balaban J connectivity index is 1.47. The van der Waals surface area contributed by atoms with Crippen molar-refractivity contribution in [3.05, 3.63) is 46.0 Å². The van der Waals surface area contributed by atoms with Crippen molar-refractivity contribution in [1.29, 1.82) is 0 Å². The number of aryl methyl sites for hydroxylation is 2. The SMILES string of the molecule is CN=C(NCCCc1nnc2n1CCCCC2)N(C)Cc1ccccc1Br. The van der Waals surface area contributed by atoms with Crippen LogP contribution in [0, 0.1) is 0 Å². The quantitative estimate of drug-likeness (QED) is 0.431. The summed E-state index contributed by atoms with van der Waals surface area (Å²) >= 11 is 3.62. The number of aromatic nitrogens is 3. The van der Waals surface area contributed by atoms with E-state index in [1.54, 1.807) is 0 Å². The van der Waals surface area contributed by atoms with Crippen molar-refractivity contribution in [2.24, 2.45) is 4.99 Å². The molecule has 0 saturated carbocycles. The summed E-state index contributed by atoms with van der Waals surface area (Å²) in [5.74, 6) is 3.20. The predicted molar refractivity (Wildman–Crippen MR) is 113 cm³/mol. The highest BCUT2D eigenvalue weighted by molar-refractivity contribution is 9.10. The lowest BCUT2D eigenvalue weighted by molar-refractivity contribution is 0.474. The van der Waals surface area contributed by atoms with Crippen LogP contribution in [-0.4, -0.2) is 46.3 Å². The zero-order valence-electron chi connectivity index (χ0n) is 16.3. The van der Waals surface area contributed by atoms with Crippen LogP contribution in [0.3, 0.4) is 0 Å². The van der Waals surface area contributed by atoms with Crippen molar-refractivity contribution < 1.29 is 0 Å². The third kappa shape index (κ3) is 5.31. The monoisotopic (exact) mass is 432 g/mol. The van der Waals surface area contributed by atoms with E-state index in [9.17, 15) is 0 Å². The van der Waals surface area contributed by atoms with Gasteiger partial charge in [-0.2, -0.15) is 0 Å². The third-order valence-electron chi connectivity index (χ3n) is 4.99. The maximum absolute atomic E-state index is 4.42. The number of halogens is 1. The number of hydrogen-bond acceptors (Lipinski definition) is 3. The van der Waals surface area contributed by atoms with Crippen LogP contribution in [-0.2, 0) is 25.9 Å². The molecule has 2 aromatic rings. The molecule has 0 radical (unpaired) electrons. The first-order valence-electron chi connectivity index (χ1n) is 9.75. The van der Waals surface area contributed by atoms with E-state index in [1.165, 1.54) is 30.7 Å². The maximum Gasteiger partial charge on any atom is 0.193 e. The maximum atomic E-state index is 4.42. The number of fused-ring (bicyclic) bond motifs is 1. The van der Waals surface area contributed by atoms with Crippen LogP contribution in [0.25, 0.3) is 0 Å². The minimum atomic E-state index is 0.804. The highest BCUT2D eigenvalue weighted by atomic mass is 79.9. The van der Waals surface area contributed by atoms with Gasteiger partial charge in [-0.3, -0.25) is 4.99 Å². The predicted octanol–water partition coefficient (Wildman–Crippen LogP) is 3.41. The molecular weight excluding hydrogens is 404 g/mol. The highest BCUT2D eigenvalue weighted by Gasteiger charge is 2.14. The number of benzene rings is 1. The number of guanidine groups is 1. The van der Waals surface area contributed by atoms with Gasteiger partial charge in [-0.25, -0.2) is 0 Å². The van der Waals surface area contributed by atoms with Crippen LogP contribution < -0.4 is 5.32 Å². The molecule has 1 aromatic carbocycles. The van der Waals surface area contributed by atoms with Crippen LogP contribution in [0.5, 0.6) is 0 Å². The van der Waals surface area contributed by atoms with E-state index < -0.39 is 0 Å². The first-order chi connectivity index (χ1) is 13.2. The van der Waals surface area contributed by atoms with E-state index in [2.05, 4.69) is 71.2 Å². The summed E-state index contributed by atoms with van der Waals surface area (Å²) in [5, 5.41) is 12.3. The van der Waals surface area contributed by atoms with Crippen molar-refractivity contribution in [2.75, 3.05) is 20.6 Å². The molecule has 27 heavy (non-hydrogen) atoms. The van der Waals surface area contributed by atoms with E-state index in [0.29, 0.717) is 0 Å². The number of aliphatic imine (C=N–C) groups is 1. The average Bonchev–Trinajstić information content (AvgIpc) is 2.90. The van der Waals surface area contributed by atoms with Gasteiger partial charge in [0.1, 0.15) is 11.6 Å². The fourth-order valence-electron chi connectivity index (χ4n) is 3.52. The van der Waals surface area contributed by atoms with Gasteiger partial charge in [-0.1, -0.05) is 40.5 Å². The molecular formula is C20H29BrN6. The Morgan fingerprint density at radius 1 is 1.26 bits per heavy atom. The molecule has 0 bridgehead atoms. The molecule has 3 rings (SSSR count). The first-order valence-corrected chi connectivity index (χ1v) is 10.5. The van der Waals surface area contributed by atoms with Gasteiger partial charge >= 0.3 is 0 Å². The van der Waals surface area contributed by atoms with Gasteiger partial charge in [-0.05, 0) is 30.9 Å². The highest BCUT2D eigenvalue weighted by Crippen LogP contribution is 2.17. The fourth-order valence-corrected chi connectivity index (χ4v) is 3.93. The minimum absolute atomic E-state index is 0.804. The van der Waals surface area contributed by atoms with Gasteiger partial charge in [0.05, 0.1) is 0 Å². The summed E-state index contributed by atoms with van der Waals surface area (Å²) in [5.41, 5.74) is 1.24. The summed E-state index contributed by atoms with van der Waals surface area (Å²) in [7, 11) is 3.89. The Kier molecular flexibility index (Phi) is 7.26. The molecule has 1 N–H and O–H groups in total. The number of nitrogens with zero attached hydrogens (tertiary/aromatic N) is 5. The molecule has 0 atom stereocenters. The second-order valence-electron chi connectivity index (χ2n) is 7.02. The number of rotatable bonds is 6. The Morgan fingerprint density at radius 3 is 2.93 bits per heavy atom. The van der Waals surface area contributed by atoms with Crippen molar-refractivity contribution in [2.45, 2.75) is 51.6 Å². The molecule has 1 aliphatic rings. The van der Waals surface area contributed by atoms with Crippen LogP contribution in [0.4, 0.5) is 0 Å². The molecule has 0 unspecified atom stereocenters. The molecule has 146 valence electrons. The van der Waals surface area contributed by atoms with Gasteiger partial charge in [0, 0.05) is 51.0 Å².